The van der Waals surface area contributed by atoms with Crippen LogP contribution in [0.25, 0.3) is 0 Å². The molecule has 6 nitrogen and oxygen atoms in total. The minimum absolute atomic E-state index is 0.108. The van der Waals surface area contributed by atoms with Crippen LogP contribution in [0.5, 0.6) is 0 Å². The van der Waals surface area contributed by atoms with E-state index in [-0.39, 0.29) is 18.9 Å². The molecule has 1 aromatic rings. The number of nitrogens with zero attached hydrogens (tertiary/aromatic N) is 1. The van der Waals surface area contributed by atoms with Gasteiger partial charge >= 0.3 is 5.97 Å². The summed E-state index contributed by atoms with van der Waals surface area (Å²) in [6.07, 6.45) is 0.252. The number of carbonyl (C=O) groups excluding carboxylic acids is 2. The predicted octanol–water partition coefficient (Wildman–Crippen LogP) is 0.777. The molecule has 0 spiro atoms. The van der Waals surface area contributed by atoms with Crippen molar-refractivity contribution in [1.29, 1.82) is 5.26 Å². The number of amides is 1. The van der Waals surface area contributed by atoms with Crippen LogP contribution < -0.4 is 11.1 Å². The van der Waals surface area contributed by atoms with Gasteiger partial charge in [-0.2, -0.15) is 5.26 Å². The van der Waals surface area contributed by atoms with Gasteiger partial charge in [-0.1, -0.05) is 0 Å². The number of ether oxygens (including phenoxy) is 1. The standard InChI is InChI=1S/C13H15N3O3/c1-9(17)19-7-6-12(15)13(18)16-11-4-2-10(8-14)3-5-11/h2-5,12H,6-7,15H2,1H3,(H,16,18)/t12-/m0/s1. The zero-order valence-corrected chi connectivity index (χ0v) is 10.6. The Morgan fingerprint density at radius 3 is 2.58 bits per heavy atom. The quantitative estimate of drug-likeness (QED) is 0.762. The van der Waals surface area contributed by atoms with Gasteiger partial charge < -0.3 is 15.8 Å². The molecule has 0 aliphatic heterocycles. The molecule has 100 valence electrons. The molecular weight excluding hydrogens is 246 g/mol. The molecule has 1 atom stereocenters. The summed E-state index contributed by atoms with van der Waals surface area (Å²) < 4.78 is 4.71. The van der Waals surface area contributed by atoms with E-state index < -0.39 is 12.0 Å². The minimum atomic E-state index is -0.755. The first-order valence-electron chi connectivity index (χ1n) is 5.73. The van der Waals surface area contributed by atoms with Crippen molar-refractivity contribution in [2.24, 2.45) is 5.73 Å². The van der Waals surface area contributed by atoms with Crippen molar-refractivity contribution in [3.8, 4) is 6.07 Å². The highest BCUT2D eigenvalue weighted by Gasteiger charge is 2.13. The Labute approximate surface area is 111 Å². The molecular formula is C13H15N3O3. The number of nitriles is 1. The lowest BCUT2D eigenvalue weighted by atomic mass is 10.2. The lowest BCUT2D eigenvalue weighted by Gasteiger charge is -2.12. The summed E-state index contributed by atoms with van der Waals surface area (Å²) in [4.78, 5) is 22.3. The lowest BCUT2D eigenvalue weighted by molar-refractivity contribution is -0.141. The Bertz CT molecular complexity index is 491. The van der Waals surface area contributed by atoms with Gasteiger partial charge in [0.1, 0.15) is 0 Å². The number of benzene rings is 1. The van der Waals surface area contributed by atoms with Gasteiger partial charge in [0.25, 0.3) is 0 Å². The summed E-state index contributed by atoms with van der Waals surface area (Å²) in [5.74, 6) is -0.767. The molecule has 0 heterocycles. The highest BCUT2D eigenvalue weighted by atomic mass is 16.5. The highest BCUT2D eigenvalue weighted by molar-refractivity contribution is 5.94. The maximum absolute atomic E-state index is 11.7. The average Bonchev–Trinajstić information content (AvgIpc) is 2.39. The number of hydrogen-bond donors (Lipinski definition) is 2. The van der Waals surface area contributed by atoms with E-state index in [9.17, 15) is 9.59 Å². The second-order valence-corrected chi connectivity index (χ2v) is 3.91. The molecule has 0 bridgehead atoms. The Balaban J connectivity index is 2.44. The van der Waals surface area contributed by atoms with Crippen molar-refractivity contribution < 1.29 is 14.3 Å². The third-order valence-corrected chi connectivity index (χ3v) is 2.35. The number of esters is 1. The fourth-order valence-electron chi connectivity index (χ4n) is 1.32. The SMILES string of the molecule is CC(=O)OCC[C@H](N)C(=O)Nc1ccc(C#N)cc1. The fraction of sp³-hybridized carbons (Fsp3) is 0.308. The summed E-state index contributed by atoms with van der Waals surface area (Å²) >= 11 is 0. The van der Waals surface area contributed by atoms with Gasteiger partial charge in [-0.05, 0) is 24.3 Å². The first kappa shape index (κ1) is 14.7. The average molecular weight is 261 g/mol. The first-order chi connectivity index (χ1) is 9.02. The predicted molar refractivity (Wildman–Crippen MR) is 69.0 cm³/mol. The van der Waals surface area contributed by atoms with Gasteiger partial charge in [-0.25, -0.2) is 0 Å². The molecule has 19 heavy (non-hydrogen) atoms. The number of hydrogen-bond acceptors (Lipinski definition) is 5. The molecule has 0 fully saturated rings. The van der Waals surface area contributed by atoms with Crippen LogP contribution in [0.4, 0.5) is 5.69 Å². The molecule has 0 aliphatic carbocycles. The van der Waals surface area contributed by atoms with E-state index in [0.29, 0.717) is 11.3 Å². The molecule has 1 rings (SSSR count). The third-order valence-electron chi connectivity index (χ3n) is 2.35. The van der Waals surface area contributed by atoms with E-state index in [4.69, 9.17) is 15.7 Å². The van der Waals surface area contributed by atoms with Crippen molar-refractivity contribution in [1.82, 2.24) is 0 Å². The molecule has 0 aliphatic rings. The first-order valence-corrected chi connectivity index (χ1v) is 5.73. The van der Waals surface area contributed by atoms with Crippen LogP contribution in [0, 0.1) is 11.3 Å². The van der Waals surface area contributed by atoms with E-state index in [1.165, 1.54) is 6.92 Å². The van der Waals surface area contributed by atoms with Gasteiger partial charge in [0.05, 0.1) is 24.3 Å². The lowest BCUT2D eigenvalue weighted by Crippen LogP contribution is -2.36. The van der Waals surface area contributed by atoms with Gasteiger partial charge in [-0.15, -0.1) is 0 Å². The second-order valence-electron chi connectivity index (χ2n) is 3.91. The third kappa shape index (κ3) is 5.19. The summed E-state index contributed by atoms with van der Waals surface area (Å²) in [7, 11) is 0. The molecule has 6 heteroatoms. The Hall–Kier alpha value is -2.39. The van der Waals surface area contributed by atoms with Crippen LogP contribution in [-0.4, -0.2) is 24.5 Å². The van der Waals surface area contributed by atoms with E-state index in [1.54, 1.807) is 24.3 Å². The van der Waals surface area contributed by atoms with Crippen molar-refractivity contribution in [3.63, 3.8) is 0 Å². The second kappa shape index (κ2) is 7.13. The van der Waals surface area contributed by atoms with Crippen LogP contribution in [0.1, 0.15) is 18.9 Å². The van der Waals surface area contributed by atoms with Crippen LogP contribution in [-0.2, 0) is 14.3 Å². The van der Waals surface area contributed by atoms with Gasteiger partial charge in [0.15, 0.2) is 0 Å². The maximum Gasteiger partial charge on any atom is 0.302 e. The Morgan fingerprint density at radius 1 is 1.42 bits per heavy atom. The van der Waals surface area contributed by atoms with Crippen LogP contribution in [0.2, 0.25) is 0 Å². The Kier molecular flexibility index (Phi) is 5.51. The smallest absolute Gasteiger partial charge is 0.302 e. The summed E-state index contributed by atoms with van der Waals surface area (Å²) in [6.45, 7) is 1.40. The van der Waals surface area contributed by atoms with E-state index in [0.717, 1.165) is 0 Å². The largest absolute Gasteiger partial charge is 0.466 e. The highest BCUT2D eigenvalue weighted by Crippen LogP contribution is 2.09. The van der Waals surface area contributed by atoms with Crippen molar-refractivity contribution >= 4 is 17.6 Å². The molecule has 1 aromatic carbocycles. The van der Waals surface area contributed by atoms with E-state index in [2.05, 4.69) is 5.32 Å². The number of rotatable bonds is 5. The molecule has 0 aromatic heterocycles. The molecule has 0 saturated carbocycles. The van der Waals surface area contributed by atoms with Crippen LogP contribution >= 0.6 is 0 Å². The molecule has 1 amide bonds. The van der Waals surface area contributed by atoms with Crippen molar-refractivity contribution in [3.05, 3.63) is 29.8 Å². The summed E-state index contributed by atoms with van der Waals surface area (Å²) in [6, 6.07) is 7.66. The maximum atomic E-state index is 11.7. The van der Waals surface area contributed by atoms with Crippen LogP contribution in [0.15, 0.2) is 24.3 Å². The van der Waals surface area contributed by atoms with E-state index >= 15 is 0 Å². The van der Waals surface area contributed by atoms with E-state index in [1.807, 2.05) is 6.07 Å². The number of nitrogens with one attached hydrogen (secondary N) is 1. The zero-order valence-electron chi connectivity index (χ0n) is 10.6. The topological polar surface area (TPSA) is 105 Å². The molecule has 0 saturated heterocycles. The minimum Gasteiger partial charge on any atom is -0.466 e. The molecule has 0 unspecified atom stereocenters. The zero-order chi connectivity index (χ0) is 14.3. The van der Waals surface area contributed by atoms with Gasteiger partial charge in [0.2, 0.25) is 5.91 Å². The monoisotopic (exact) mass is 261 g/mol. The van der Waals surface area contributed by atoms with Gasteiger partial charge in [0, 0.05) is 19.0 Å². The van der Waals surface area contributed by atoms with Crippen molar-refractivity contribution in [2.45, 2.75) is 19.4 Å². The van der Waals surface area contributed by atoms with Crippen molar-refractivity contribution in [2.75, 3.05) is 11.9 Å². The number of anilines is 1. The molecule has 3 N–H and O–H groups in total. The Morgan fingerprint density at radius 2 is 2.05 bits per heavy atom. The number of carbonyl (C=O) groups is 2. The fourth-order valence-corrected chi connectivity index (χ4v) is 1.32. The summed E-state index contributed by atoms with van der Waals surface area (Å²) in [5, 5.41) is 11.3. The van der Waals surface area contributed by atoms with Gasteiger partial charge in [-0.3, -0.25) is 9.59 Å². The summed E-state index contributed by atoms with van der Waals surface area (Å²) in [5.41, 5.74) is 6.72. The number of nitrogens with two attached hydrogens (primary N) is 1. The molecule has 0 radical (unpaired) electrons. The normalized spacial score (nSPS) is 11.2. The van der Waals surface area contributed by atoms with Crippen LogP contribution in [0.3, 0.4) is 0 Å².